The minimum absolute atomic E-state index is 0.485. The molecule has 0 radical (unpaired) electrons. The third kappa shape index (κ3) is 2.82. The molecule has 0 amide bonds. The molecule has 22 heavy (non-hydrogen) atoms. The van der Waals surface area contributed by atoms with E-state index in [9.17, 15) is 0 Å². The van der Waals surface area contributed by atoms with Crippen molar-refractivity contribution in [3.05, 3.63) is 48.3 Å². The van der Waals surface area contributed by atoms with E-state index in [0.29, 0.717) is 12.0 Å². The first kappa shape index (κ1) is 14.6. The number of fused-ring (bicyclic) bond motifs is 1. The molecule has 4 heteroatoms. The molecule has 2 heterocycles. The Morgan fingerprint density at radius 2 is 2.00 bits per heavy atom. The van der Waals surface area contributed by atoms with Gasteiger partial charge in [-0.05, 0) is 43.5 Å². The molecule has 0 saturated heterocycles. The van der Waals surface area contributed by atoms with Crippen molar-refractivity contribution in [2.75, 3.05) is 5.32 Å². The number of nitrogens with one attached hydrogen (secondary N) is 1. The van der Waals surface area contributed by atoms with Crippen LogP contribution >= 0.6 is 0 Å². The fraction of sp³-hybridized carbons (Fsp3) is 0.333. The van der Waals surface area contributed by atoms with Crippen LogP contribution in [0, 0.1) is 6.92 Å². The molecule has 114 valence electrons. The van der Waals surface area contributed by atoms with Gasteiger partial charge in [-0.3, -0.25) is 0 Å². The summed E-state index contributed by atoms with van der Waals surface area (Å²) in [4.78, 5) is 9.14. The Bertz CT molecular complexity index is 772. The van der Waals surface area contributed by atoms with Gasteiger partial charge in [-0.2, -0.15) is 4.98 Å². The van der Waals surface area contributed by atoms with Crippen molar-refractivity contribution in [2.45, 2.75) is 39.7 Å². The zero-order chi connectivity index (χ0) is 15.5. The number of aryl methyl sites for hydroxylation is 1. The van der Waals surface area contributed by atoms with Crippen LogP contribution in [-0.2, 0) is 0 Å². The Kier molecular flexibility index (Phi) is 4.09. The Morgan fingerprint density at radius 3 is 2.73 bits per heavy atom. The second kappa shape index (κ2) is 6.18. The van der Waals surface area contributed by atoms with Crippen molar-refractivity contribution < 1.29 is 0 Å². The van der Waals surface area contributed by atoms with Gasteiger partial charge in [0.1, 0.15) is 5.65 Å². The Labute approximate surface area is 131 Å². The van der Waals surface area contributed by atoms with E-state index < -0.39 is 0 Å². The molecule has 0 spiro atoms. The summed E-state index contributed by atoms with van der Waals surface area (Å²) in [7, 11) is 0. The Hall–Kier alpha value is -2.36. The van der Waals surface area contributed by atoms with E-state index in [1.165, 1.54) is 5.56 Å². The molecule has 0 bridgehead atoms. The number of anilines is 2. The molecule has 0 atom stereocenters. The van der Waals surface area contributed by atoms with Crippen molar-refractivity contribution in [3.63, 3.8) is 0 Å². The second-order valence-electron chi connectivity index (χ2n) is 5.66. The summed E-state index contributed by atoms with van der Waals surface area (Å²) in [6.45, 7) is 6.51. The SMILES string of the molecule is CCC(CC)n1ccc2cnc(Nc3cccc(C)c3)nc21. The van der Waals surface area contributed by atoms with Crippen LogP contribution in [0.5, 0.6) is 0 Å². The largest absolute Gasteiger partial charge is 0.329 e. The van der Waals surface area contributed by atoms with Gasteiger partial charge in [-0.1, -0.05) is 26.0 Å². The fourth-order valence-corrected chi connectivity index (χ4v) is 2.83. The highest BCUT2D eigenvalue weighted by Crippen LogP contribution is 2.24. The van der Waals surface area contributed by atoms with E-state index in [1.54, 1.807) is 0 Å². The zero-order valence-electron chi connectivity index (χ0n) is 13.4. The lowest BCUT2D eigenvalue weighted by Gasteiger charge is -2.16. The van der Waals surface area contributed by atoms with E-state index in [1.807, 2.05) is 18.3 Å². The maximum atomic E-state index is 4.72. The second-order valence-corrected chi connectivity index (χ2v) is 5.66. The topological polar surface area (TPSA) is 42.7 Å². The summed E-state index contributed by atoms with van der Waals surface area (Å²) < 4.78 is 2.26. The fourth-order valence-electron chi connectivity index (χ4n) is 2.83. The molecule has 0 aliphatic heterocycles. The molecule has 2 aromatic heterocycles. The van der Waals surface area contributed by atoms with Crippen molar-refractivity contribution in [3.8, 4) is 0 Å². The molecule has 0 aliphatic rings. The van der Waals surface area contributed by atoms with Crippen molar-refractivity contribution in [1.29, 1.82) is 0 Å². The van der Waals surface area contributed by atoms with E-state index in [-0.39, 0.29) is 0 Å². The summed E-state index contributed by atoms with van der Waals surface area (Å²) in [5, 5.41) is 4.38. The molecule has 0 unspecified atom stereocenters. The van der Waals surface area contributed by atoms with Crippen LogP contribution in [0.2, 0.25) is 0 Å². The maximum Gasteiger partial charge on any atom is 0.229 e. The van der Waals surface area contributed by atoms with Gasteiger partial charge < -0.3 is 9.88 Å². The highest BCUT2D eigenvalue weighted by molar-refractivity contribution is 5.77. The number of nitrogens with zero attached hydrogens (tertiary/aromatic N) is 3. The Balaban J connectivity index is 1.96. The van der Waals surface area contributed by atoms with Crippen LogP contribution < -0.4 is 5.32 Å². The molecule has 0 saturated carbocycles. The monoisotopic (exact) mass is 294 g/mol. The van der Waals surface area contributed by atoms with Crippen molar-refractivity contribution >= 4 is 22.7 Å². The zero-order valence-corrected chi connectivity index (χ0v) is 13.4. The summed E-state index contributed by atoms with van der Waals surface area (Å²) in [5.41, 5.74) is 3.23. The number of benzene rings is 1. The van der Waals surface area contributed by atoms with Gasteiger partial charge in [0.05, 0.1) is 0 Å². The molecule has 3 rings (SSSR count). The first-order chi connectivity index (χ1) is 10.7. The van der Waals surface area contributed by atoms with Crippen LogP contribution in [0.15, 0.2) is 42.7 Å². The number of aromatic nitrogens is 3. The van der Waals surface area contributed by atoms with Crippen LogP contribution in [-0.4, -0.2) is 14.5 Å². The average Bonchev–Trinajstić information content (AvgIpc) is 2.92. The standard InChI is InChI=1S/C18H22N4/c1-4-16(5-2)22-10-9-14-12-19-18(21-17(14)22)20-15-8-6-7-13(3)11-15/h6-12,16H,4-5H2,1-3H3,(H,19,20,21). The molecule has 0 fully saturated rings. The molecule has 4 nitrogen and oxygen atoms in total. The summed E-state index contributed by atoms with van der Waals surface area (Å²) in [6.07, 6.45) is 6.21. The summed E-state index contributed by atoms with van der Waals surface area (Å²) in [6, 6.07) is 10.8. The van der Waals surface area contributed by atoms with Gasteiger partial charge in [0, 0.05) is 29.5 Å². The van der Waals surface area contributed by atoms with Gasteiger partial charge in [-0.15, -0.1) is 0 Å². The van der Waals surface area contributed by atoms with Gasteiger partial charge in [-0.25, -0.2) is 4.98 Å². The van der Waals surface area contributed by atoms with Crippen LogP contribution in [0.3, 0.4) is 0 Å². The molecule has 0 aliphatic carbocycles. The van der Waals surface area contributed by atoms with Crippen molar-refractivity contribution in [2.24, 2.45) is 0 Å². The normalized spacial score (nSPS) is 11.3. The van der Waals surface area contributed by atoms with Gasteiger partial charge in [0.15, 0.2) is 0 Å². The first-order valence-corrected chi connectivity index (χ1v) is 7.88. The van der Waals surface area contributed by atoms with E-state index in [4.69, 9.17) is 4.98 Å². The molecular formula is C18H22N4. The number of hydrogen-bond donors (Lipinski definition) is 1. The van der Waals surface area contributed by atoms with E-state index in [2.05, 4.69) is 60.0 Å². The lowest BCUT2D eigenvalue weighted by Crippen LogP contribution is -2.07. The lowest BCUT2D eigenvalue weighted by molar-refractivity contribution is 0.483. The summed E-state index contributed by atoms with van der Waals surface area (Å²) >= 11 is 0. The molecular weight excluding hydrogens is 272 g/mol. The minimum Gasteiger partial charge on any atom is -0.329 e. The smallest absolute Gasteiger partial charge is 0.229 e. The molecule has 1 aromatic carbocycles. The van der Waals surface area contributed by atoms with Crippen LogP contribution in [0.4, 0.5) is 11.6 Å². The Morgan fingerprint density at radius 1 is 1.18 bits per heavy atom. The van der Waals surface area contributed by atoms with E-state index >= 15 is 0 Å². The highest BCUT2D eigenvalue weighted by Gasteiger charge is 2.11. The lowest BCUT2D eigenvalue weighted by atomic mass is 10.2. The van der Waals surface area contributed by atoms with Crippen LogP contribution in [0.1, 0.15) is 38.3 Å². The predicted molar refractivity (Wildman–Crippen MR) is 91.6 cm³/mol. The van der Waals surface area contributed by atoms with E-state index in [0.717, 1.165) is 29.6 Å². The first-order valence-electron chi connectivity index (χ1n) is 7.88. The van der Waals surface area contributed by atoms with Crippen molar-refractivity contribution in [1.82, 2.24) is 14.5 Å². The molecule has 1 N–H and O–H groups in total. The van der Waals surface area contributed by atoms with Gasteiger partial charge >= 0.3 is 0 Å². The maximum absolute atomic E-state index is 4.72. The van der Waals surface area contributed by atoms with Gasteiger partial charge in [0.2, 0.25) is 5.95 Å². The number of hydrogen-bond acceptors (Lipinski definition) is 3. The quantitative estimate of drug-likeness (QED) is 0.732. The minimum atomic E-state index is 0.485. The summed E-state index contributed by atoms with van der Waals surface area (Å²) in [5.74, 6) is 0.643. The third-order valence-electron chi connectivity index (χ3n) is 4.07. The van der Waals surface area contributed by atoms with Crippen LogP contribution in [0.25, 0.3) is 11.0 Å². The highest BCUT2D eigenvalue weighted by atomic mass is 15.1. The van der Waals surface area contributed by atoms with Gasteiger partial charge in [0.25, 0.3) is 0 Å². The predicted octanol–water partition coefficient (Wildman–Crippen LogP) is 4.84. The molecule has 3 aromatic rings. The average molecular weight is 294 g/mol. The number of rotatable bonds is 5. The third-order valence-corrected chi connectivity index (χ3v) is 4.07.